The SMILES string of the molecule is COc1cccc2c1cc(N(O)O)c1c(C(=O)O[C@H]3C=C(C=O)CC/C=C(/C)CC/C=C(/C)C3)cc3c(c12)OCO3. The maximum Gasteiger partial charge on any atom is 0.339 e. The molecule has 0 amide bonds. The predicted molar refractivity (Wildman–Crippen MR) is 154 cm³/mol. The van der Waals surface area contributed by atoms with E-state index in [0.717, 1.165) is 31.1 Å². The fraction of sp³-hybridized carbons (Fsp3) is 0.312. The van der Waals surface area contributed by atoms with E-state index in [4.69, 9.17) is 18.9 Å². The van der Waals surface area contributed by atoms with E-state index in [-0.39, 0.29) is 28.7 Å². The van der Waals surface area contributed by atoms with Crippen molar-refractivity contribution >= 4 is 39.5 Å². The molecule has 1 aliphatic carbocycles. The van der Waals surface area contributed by atoms with Gasteiger partial charge in [-0.15, -0.1) is 5.23 Å². The molecule has 9 heteroatoms. The molecule has 5 rings (SSSR count). The van der Waals surface area contributed by atoms with Gasteiger partial charge in [0.1, 0.15) is 23.8 Å². The summed E-state index contributed by atoms with van der Waals surface area (Å²) in [5, 5.41) is 22.4. The number of methoxy groups -OCH3 is 1. The normalized spacial score (nSPS) is 20.1. The molecule has 0 saturated carbocycles. The molecule has 41 heavy (non-hydrogen) atoms. The van der Waals surface area contributed by atoms with E-state index in [2.05, 4.69) is 19.1 Å². The highest BCUT2D eigenvalue weighted by Gasteiger charge is 2.29. The van der Waals surface area contributed by atoms with Gasteiger partial charge in [0.15, 0.2) is 11.5 Å². The first kappa shape index (κ1) is 28.2. The standard InChI is InChI=1S/C32H33NO8/c1-19-7-4-9-20(2)13-22(14-21(17-34)10-5-8-19)41-32(35)25-16-28-31(40-18-39-28)30-23-11-6-12-27(38-3)24(23)15-26(29(25)30)33(36)37/h6,8-9,11-12,14-17,22,36-37H,4-5,7,10,13,18H2,1-3H3/b19-8-,20-9-,21-14?/t22-/m1/s1. The number of anilines is 1. The zero-order chi connectivity index (χ0) is 29.1. The smallest absolute Gasteiger partial charge is 0.339 e. The van der Waals surface area contributed by atoms with Crippen LogP contribution in [0.1, 0.15) is 56.3 Å². The van der Waals surface area contributed by atoms with Crippen molar-refractivity contribution in [2.45, 2.75) is 52.1 Å². The molecule has 0 unspecified atom stereocenters. The van der Waals surface area contributed by atoms with Gasteiger partial charge in [0.2, 0.25) is 6.79 Å². The molecule has 1 atom stereocenters. The summed E-state index contributed by atoms with van der Waals surface area (Å²) in [5.74, 6) is 0.491. The number of hydrogen-bond donors (Lipinski definition) is 2. The molecular formula is C32H33NO8. The molecule has 0 fully saturated rings. The zero-order valence-corrected chi connectivity index (χ0v) is 23.3. The molecule has 0 spiro atoms. The highest BCUT2D eigenvalue weighted by atomic mass is 16.8. The van der Waals surface area contributed by atoms with Crippen LogP contribution < -0.4 is 19.4 Å². The molecule has 3 aromatic carbocycles. The topological polar surface area (TPSA) is 115 Å². The van der Waals surface area contributed by atoms with Gasteiger partial charge < -0.3 is 18.9 Å². The van der Waals surface area contributed by atoms with Crippen molar-refractivity contribution < 1.29 is 39.0 Å². The van der Waals surface area contributed by atoms with E-state index < -0.39 is 12.1 Å². The monoisotopic (exact) mass is 559 g/mol. The summed E-state index contributed by atoms with van der Waals surface area (Å²) in [4.78, 5) is 25.8. The summed E-state index contributed by atoms with van der Waals surface area (Å²) >= 11 is 0. The van der Waals surface area contributed by atoms with Crippen LogP contribution in [-0.2, 0) is 9.53 Å². The fourth-order valence-electron chi connectivity index (χ4n) is 5.47. The summed E-state index contributed by atoms with van der Waals surface area (Å²) in [6.45, 7) is 4.00. The van der Waals surface area contributed by atoms with Crippen molar-refractivity contribution in [3.63, 3.8) is 0 Å². The van der Waals surface area contributed by atoms with E-state index >= 15 is 0 Å². The third kappa shape index (κ3) is 5.77. The first-order valence-electron chi connectivity index (χ1n) is 13.5. The third-order valence-corrected chi connectivity index (χ3v) is 7.48. The molecule has 1 heterocycles. The third-order valence-electron chi connectivity index (χ3n) is 7.48. The Labute approximate surface area is 237 Å². The summed E-state index contributed by atoms with van der Waals surface area (Å²) in [6.07, 6.45) is 9.50. The van der Waals surface area contributed by atoms with Crippen LogP contribution in [-0.4, -0.2) is 42.7 Å². The number of fused-ring (bicyclic) bond motifs is 5. The largest absolute Gasteiger partial charge is 0.496 e. The van der Waals surface area contributed by atoms with Gasteiger partial charge in [-0.1, -0.05) is 35.4 Å². The average Bonchev–Trinajstić information content (AvgIpc) is 3.43. The van der Waals surface area contributed by atoms with Crippen LogP contribution in [0.4, 0.5) is 5.69 Å². The van der Waals surface area contributed by atoms with E-state index in [1.54, 1.807) is 18.2 Å². The molecular weight excluding hydrogens is 526 g/mol. The Morgan fingerprint density at radius 1 is 1.02 bits per heavy atom. The van der Waals surface area contributed by atoms with E-state index in [1.807, 2.05) is 13.0 Å². The number of rotatable bonds is 5. The van der Waals surface area contributed by atoms with Crippen LogP contribution in [0.15, 0.2) is 65.3 Å². The van der Waals surface area contributed by atoms with Gasteiger partial charge in [-0.25, -0.2) is 4.79 Å². The molecule has 214 valence electrons. The minimum atomic E-state index is -0.715. The van der Waals surface area contributed by atoms with Crippen molar-refractivity contribution in [1.29, 1.82) is 0 Å². The number of ether oxygens (including phenoxy) is 4. The lowest BCUT2D eigenvalue weighted by Crippen LogP contribution is -2.19. The van der Waals surface area contributed by atoms with Crippen molar-refractivity contribution in [3.8, 4) is 17.2 Å². The van der Waals surface area contributed by atoms with Gasteiger partial charge in [-0.3, -0.25) is 15.2 Å². The van der Waals surface area contributed by atoms with Crippen molar-refractivity contribution in [3.05, 3.63) is 70.8 Å². The van der Waals surface area contributed by atoms with E-state index in [1.165, 1.54) is 24.8 Å². The van der Waals surface area contributed by atoms with Crippen molar-refractivity contribution in [2.75, 3.05) is 19.1 Å². The van der Waals surface area contributed by atoms with Gasteiger partial charge >= 0.3 is 5.97 Å². The number of hydrogen-bond acceptors (Lipinski definition) is 9. The summed E-state index contributed by atoms with van der Waals surface area (Å²) < 4.78 is 23.0. The predicted octanol–water partition coefficient (Wildman–Crippen LogP) is 6.82. The molecule has 0 saturated heterocycles. The van der Waals surface area contributed by atoms with E-state index in [0.29, 0.717) is 51.8 Å². The maximum absolute atomic E-state index is 13.9. The zero-order valence-electron chi connectivity index (χ0n) is 23.3. The first-order valence-corrected chi connectivity index (χ1v) is 13.5. The van der Waals surface area contributed by atoms with Crippen molar-refractivity contribution in [2.24, 2.45) is 0 Å². The lowest BCUT2D eigenvalue weighted by Gasteiger charge is -2.21. The second kappa shape index (κ2) is 12.0. The van der Waals surface area contributed by atoms with Crippen molar-refractivity contribution in [1.82, 2.24) is 0 Å². The summed E-state index contributed by atoms with van der Waals surface area (Å²) in [6, 6.07) is 8.39. The van der Waals surface area contributed by atoms with Crippen LogP contribution in [0, 0.1) is 0 Å². The molecule has 0 radical (unpaired) electrons. The fourth-order valence-corrected chi connectivity index (χ4v) is 5.47. The Hall–Kier alpha value is -4.34. The molecule has 2 aliphatic rings. The average molecular weight is 560 g/mol. The summed E-state index contributed by atoms with van der Waals surface area (Å²) in [7, 11) is 1.52. The Bertz CT molecular complexity index is 1600. The summed E-state index contributed by atoms with van der Waals surface area (Å²) in [5.41, 5.74) is 2.85. The van der Waals surface area contributed by atoms with Crippen LogP contribution in [0.2, 0.25) is 0 Å². The first-order chi connectivity index (χ1) is 19.8. The maximum atomic E-state index is 13.9. The number of benzene rings is 3. The number of esters is 1. The Morgan fingerprint density at radius 2 is 1.80 bits per heavy atom. The number of carbonyl (C=O) groups is 2. The van der Waals surface area contributed by atoms with Gasteiger partial charge in [0, 0.05) is 22.6 Å². The lowest BCUT2D eigenvalue weighted by atomic mass is 9.94. The van der Waals surface area contributed by atoms with Crippen LogP contribution in [0.5, 0.6) is 17.2 Å². The minimum absolute atomic E-state index is 0.0318. The number of nitrogens with zero attached hydrogens (tertiary/aromatic N) is 1. The van der Waals surface area contributed by atoms with Crippen LogP contribution in [0.25, 0.3) is 21.5 Å². The van der Waals surface area contributed by atoms with Crippen LogP contribution >= 0.6 is 0 Å². The Balaban J connectivity index is 1.65. The van der Waals surface area contributed by atoms with Gasteiger partial charge in [-0.2, -0.15) is 0 Å². The minimum Gasteiger partial charge on any atom is -0.496 e. The van der Waals surface area contributed by atoms with Gasteiger partial charge in [-0.05, 0) is 74.8 Å². The number of allylic oxidation sites excluding steroid dienone is 4. The van der Waals surface area contributed by atoms with Crippen LogP contribution in [0.3, 0.4) is 0 Å². The number of carbonyl (C=O) groups excluding carboxylic acids is 2. The highest BCUT2D eigenvalue weighted by molar-refractivity contribution is 6.23. The lowest BCUT2D eigenvalue weighted by molar-refractivity contribution is -0.105. The molecule has 3 aromatic rings. The number of aldehydes is 1. The highest BCUT2D eigenvalue weighted by Crippen LogP contribution is 2.49. The van der Waals surface area contributed by atoms with E-state index in [9.17, 15) is 20.0 Å². The van der Waals surface area contributed by atoms with Gasteiger partial charge in [0.25, 0.3) is 0 Å². The quantitative estimate of drug-likeness (QED) is 0.114. The molecule has 0 aromatic heterocycles. The Morgan fingerprint density at radius 3 is 2.56 bits per heavy atom. The second-order valence-electron chi connectivity index (χ2n) is 10.3. The molecule has 2 N–H and O–H groups in total. The molecule has 1 aliphatic heterocycles. The molecule has 0 bridgehead atoms. The van der Waals surface area contributed by atoms with Gasteiger partial charge in [0.05, 0.1) is 12.7 Å². The molecule has 9 nitrogen and oxygen atoms in total. The second-order valence-corrected chi connectivity index (χ2v) is 10.3. The Kier molecular flexibility index (Phi) is 8.28.